The second-order valence-electron chi connectivity index (χ2n) is 6.99. The van der Waals surface area contributed by atoms with Crippen LogP contribution in [0.1, 0.15) is 30.3 Å². The summed E-state index contributed by atoms with van der Waals surface area (Å²) in [6.45, 7) is 1.30. The van der Waals surface area contributed by atoms with Crippen LogP contribution in [0.5, 0.6) is 0 Å². The average Bonchev–Trinajstić information content (AvgIpc) is 3.41. The van der Waals surface area contributed by atoms with Gasteiger partial charge in [0.25, 0.3) is 10.2 Å². The Morgan fingerprint density at radius 3 is 2.34 bits per heavy atom. The highest BCUT2D eigenvalue weighted by Crippen LogP contribution is 2.42. The van der Waals surface area contributed by atoms with Crippen LogP contribution in [-0.4, -0.2) is 49.2 Å². The Morgan fingerprint density at radius 2 is 1.79 bits per heavy atom. The summed E-state index contributed by atoms with van der Waals surface area (Å²) in [6, 6.07) is 6.04. The summed E-state index contributed by atoms with van der Waals surface area (Å²) in [6.07, 6.45) is -2.91. The van der Waals surface area contributed by atoms with Gasteiger partial charge in [-0.1, -0.05) is 29.4 Å². The largest absolute Gasteiger partial charge is 0.471 e. The van der Waals surface area contributed by atoms with Crippen molar-refractivity contribution in [3.05, 3.63) is 35.7 Å². The Kier molecular flexibility index (Phi) is 5.36. The summed E-state index contributed by atoms with van der Waals surface area (Å²) in [5.41, 5.74) is 1.08. The van der Waals surface area contributed by atoms with Gasteiger partial charge in [0.1, 0.15) is 0 Å². The molecule has 4 rings (SSSR count). The summed E-state index contributed by atoms with van der Waals surface area (Å²) in [5, 5.41) is 3.36. The number of nitrogens with zero attached hydrogens (tertiary/aromatic N) is 3. The fourth-order valence-electron chi connectivity index (χ4n) is 3.18. The quantitative estimate of drug-likeness (QED) is 0.753. The van der Waals surface area contributed by atoms with Crippen molar-refractivity contribution in [2.24, 2.45) is 5.92 Å². The number of nitrogens with one attached hydrogen (secondary N) is 1. The monoisotopic (exact) mass is 432 g/mol. The molecule has 1 aliphatic heterocycles. The lowest BCUT2D eigenvalue weighted by molar-refractivity contribution is -0.159. The van der Waals surface area contributed by atoms with E-state index in [1.54, 1.807) is 24.3 Å². The van der Waals surface area contributed by atoms with E-state index in [4.69, 9.17) is 4.74 Å². The molecule has 0 radical (unpaired) electrons. The molecule has 29 heavy (non-hydrogen) atoms. The predicted octanol–water partition coefficient (Wildman–Crippen LogP) is 2.37. The molecule has 1 unspecified atom stereocenters. The van der Waals surface area contributed by atoms with Crippen LogP contribution in [0, 0.1) is 5.92 Å². The van der Waals surface area contributed by atoms with Crippen molar-refractivity contribution in [3.63, 3.8) is 0 Å². The Labute approximate surface area is 165 Å². The van der Waals surface area contributed by atoms with Gasteiger partial charge in [-0.3, -0.25) is 0 Å². The van der Waals surface area contributed by atoms with E-state index < -0.39 is 28.3 Å². The second-order valence-corrected chi connectivity index (χ2v) is 8.69. The maximum atomic E-state index is 12.7. The molecule has 1 aromatic heterocycles. The summed E-state index contributed by atoms with van der Waals surface area (Å²) < 4.78 is 76.9. The van der Waals surface area contributed by atoms with Crippen LogP contribution in [0.4, 0.5) is 13.2 Å². The van der Waals surface area contributed by atoms with Gasteiger partial charge in [0.2, 0.25) is 5.82 Å². The van der Waals surface area contributed by atoms with E-state index >= 15 is 0 Å². The van der Waals surface area contributed by atoms with Gasteiger partial charge in [-0.2, -0.15) is 35.6 Å². The number of ether oxygens (including phenoxy) is 1. The van der Waals surface area contributed by atoms with E-state index in [9.17, 15) is 21.6 Å². The summed E-state index contributed by atoms with van der Waals surface area (Å²) in [7, 11) is -3.67. The molecule has 12 heteroatoms. The molecule has 0 spiro atoms. The van der Waals surface area contributed by atoms with Crippen LogP contribution in [0.2, 0.25) is 0 Å². The highest BCUT2D eigenvalue weighted by Gasteiger charge is 2.39. The van der Waals surface area contributed by atoms with Crippen LogP contribution >= 0.6 is 0 Å². The number of rotatable bonds is 6. The van der Waals surface area contributed by atoms with Crippen molar-refractivity contribution in [2.45, 2.75) is 25.1 Å². The van der Waals surface area contributed by atoms with Crippen molar-refractivity contribution >= 4 is 10.2 Å². The minimum Gasteiger partial charge on any atom is -0.379 e. The van der Waals surface area contributed by atoms with Gasteiger partial charge in [0.15, 0.2) is 0 Å². The third-order valence-electron chi connectivity index (χ3n) is 4.88. The molecule has 1 atom stereocenters. The maximum absolute atomic E-state index is 12.7. The molecule has 1 saturated carbocycles. The normalized spacial score (nSPS) is 20.0. The first-order chi connectivity index (χ1) is 13.7. The lowest BCUT2D eigenvalue weighted by Crippen LogP contribution is -2.47. The van der Waals surface area contributed by atoms with Gasteiger partial charge in [-0.05, 0) is 24.3 Å². The standard InChI is InChI=1S/C17H19F3N4O4S/c18-17(19,20)16-21-15(22-28-16)13-5-3-12(4-6-13)14(11-1-2-11)23-29(25,26)24-7-9-27-10-8-24/h3-6,11,14,23H,1-2,7-10H2. The Bertz CT molecular complexity index is 952. The van der Waals surface area contributed by atoms with Gasteiger partial charge in [0, 0.05) is 18.7 Å². The number of halogens is 3. The summed E-state index contributed by atoms with van der Waals surface area (Å²) >= 11 is 0. The molecule has 2 aromatic rings. The number of morpholine rings is 1. The first-order valence-electron chi connectivity index (χ1n) is 9.10. The molecular formula is C17H19F3N4O4S. The van der Waals surface area contributed by atoms with Crippen molar-refractivity contribution in [1.29, 1.82) is 0 Å². The molecule has 1 saturated heterocycles. The summed E-state index contributed by atoms with van der Waals surface area (Å²) in [5.74, 6) is -1.41. The zero-order chi connectivity index (χ0) is 20.6. The zero-order valence-corrected chi connectivity index (χ0v) is 16.0. The van der Waals surface area contributed by atoms with Crippen molar-refractivity contribution < 1.29 is 30.8 Å². The summed E-state index contributed by atoms with van der Waals surface area (Å²) in [4.78, 5) is 3.36. The van der Waals surface area contributed by atoms with Crippen molar-refractivity contribution in [1.82, 2.24) is 19.2 Å². The van der Waals surface area contributed by atoms with Crippen molar-refractivity contribution in [2.75, 3.05) is 26.3 Å². The minimum atomic E-state index is -4.71. The van der Waals surface area contributed by atoms with Gasteiger partial charge in [-0.25, -0.2) is 0 Å². The number of alkyl halides is 3. The van der Waals surface area contributed by atoms with Crippen LogP contribution in [-0.2, 0) is 21.1 Å². The highest BCUT2D eigenvalue weighted by atomic mass is 32.2. The van der Waals surface area contributed by atoms with E-state index in [0.29, 0.717) is 31.9 Å². The number of hydrogen-bond donors (Lipinski definition) is 1. The van der Waals surface area contributed by atoms with E-state index in [0.717, 1.165) is 18.4 Å². The van der Waals surface area contributed by atoms with Crippen molar-refractivity contribution in [3.8, 4) is 11.4 Å². The average molecular weight is 432 g/mol. The highest BCUT2D eigenvalue weighted by molar-refractivity contribution is 7.87. The third-order valence-corrected chi connectivity index (χ3v) is 6.47. The first-order valence-corrected chi connectivity index (χ1v) is 10.5. The smallest absolute Gasteiger partial charge is 0.379 e. The molecule has 1 aliphatic carbocycles. The Balaban J connectivity index is 1.52. The van der Waals surface area contributed by atoms with E-state index in [-0.39, 0.29) is 11.7 Å². The van der Waals surface area contributed by atoms with Gasteiger partial charge < -0.3 is 9.26 Å². The molecule has 8 nitrogen and oxygen atoms in total. The number of benzene rings is 1. The lowest BCUT2D eigenvalue weighted by Gasteiger charge is -2.29. The zero-order valence-electron chi connectivity index (χ0n) is 15.2. The fourth-order valence-corrected chi connectivity index (χ4v) is 4.61. The maximum Gasteiger partial charge on any atom is 0.471 e. The second kappa shape index (κ2) is 7.67. The van der Waals surface area contributed by atoms with E-state index in [2.05, 4.69) is 19.4 Å². The predicted molar refractivity (Wildman–Crippen MR) is 94.6 cm³/mol. The third kappa shape index (κ3) is 4.60. The number of hydrogen-bond acceptors (Lipinski definition) is 6. The topological polar surface area (TPSA) is 97.6 Å². The molecule has 1 aromatic carbocycles. The van der Waals surface area contributed by atoms with Crippen LogP contribution in [0.15, 0.2) is 28.8 Å². The fraction of sp³-hybridized carbons (Fsp3) is 0.529. The lowest BCUT2D eigenvalue weighted by atomic mass is 10.0. The molecule has 2 fully saturated rings. The van der Waals surface area contributed by atoms with E-state index in [1.165, 1.54) is 4.31 Å². The molecule has 2 heterocycles. The molecule has 2 aliphatic rings. The van der Waals surface area contributed by atoms with E-state index in [1.807, 2.05) is 0 Å². The van der Waals surface area contributed by atoms with Crippen LogP contribution in [0.25, 0.3) is 11.4 Å². The van der Waals surface area contributed by atoms with Gasteiger partial charge >= 0.3 is 12.1 Å². The first kappa shape index (κ1) is 20.3. The van der Waals surface area contributed by atoms with Gasteiger partial charge in [0.05, 0.1) is 19.3 Å². The molecule has 0 bridgehead atoms. The van der Waals surface area contributed by atoms with Gasteiger partial charge in [-0.15, -0.1) is 0 Å². The number of aromatic nitrogens is 2. The molecule has 0 amide bonds. The Morgan fingerprint density at radius 1 is 1.14 bits per heavy atom. The minimum absolute atomic E-state index is 0.179. The van der Waals surface area contributed by atoms with Crippen LogP contribution < -0.4 is 4.72 Å². The Hall–Kier alpha value is -2.02. The van der Waals surface area contributed by atoms with Crippen LogP contribution in [0.3, 0.4) is 0 Å². The SMILES string of the molecule is O=S(=O)(NC(c1ccc(-c2noc(C(F)(F)F)n2)cc1)C1CC1)N1CCOCC1. The molecule has 1 N–H and O–H groups in total. The molecular weight excluding hydrogens is 413 g/mol. The molecule has 158 valence electrons.